The van der Waals surface area contributed by atoms with E-state index in [9.17, 15) is 4.79 Å². The predicted molar refractivity (Wildman–Crippen MR) is 82.6 cm³/mol. The number of carbonyl (C=O) groups excluding carboxylic acids is 1. The number of rotatable bonds is 9. The van der Waals surface area contributed by atoms with E-state index in [1.807, 2.05) is 6.92 Å². The molecule has 20 heavy (non-hydrogen) atoms. The molecule has 0 bridgehead atoms. The lowest BCUT2D eigenvalue weighted by Crippen LogP contribution is -2.29. The minimum Gasteiger partial charge on any atom is -0.347 e. The summed E-state index contributed by atoms with van der Waals surface area (Å²) in [6.07, 6.45) is 7.28. The van der Waals surface area contributed by atoms with Crippen LogP contribution in [0.15, 0.2) is 5.38 Å². The summed E-state index contributed by atoms with van der Waals surface area (Å²) in [7, 11) is 0. The van der Waals surface area contributed by atoms with Crippen LogP contribution >= 0.6 is 11.3 Å². The van der Waals surface area contributed by atoms with Crippen LogP contribution in [0.4, 0.5) is 0 Å². The van der Waals surface area contributed by atoms with E-state index >= 15 is 0 Å². The molecule has 4 nitrogen and oxygen atoms in total. The van der Waals surface area contributed by atoms with Crippen LogP contribution in [0.2, 0.25) is 0 Å². The number of nitrogens with zero attached hydrogens (tertiary/aromatic N) is 1. The van der Waals surface area contributed by atoms with Crippen LogP contribution in [-0.4, -0.2) is 17.4 Å². The molecule has 1 fully saturated rings. The van der Waals surface area contributed by atoms with Gasteiger partial charge in [-0.2, -0.15) is 0 Å². The van der Waals surface area contributed by atoms with Gasteiger partial charge in [-0.15, -0.1) is 11.3 Å². The summed E-state index contributed by atoms with van der Waals surface area (Å²) in [5.74, 6) is 0.768. The van der Waals surface area contributed by atoms with Crippen molar-refractivity contribution in [3.05, 3.63) is 16.1 Å². The van der Waals surface area contributed by atoms with Crippen molar-refractivity contribution in [3.63, 3.8) is 0 Å². The number of carbonyl (C=O) groups is 1. The van der Waals surface area contributed by atoms with Crippen molar-refractivity contribution < 1.29 is 4.79 Å². The monoisotopic (exact) mass is 295 g/mol. The highest BCUT2D eigenvalue weighted by Gasteiger charge is 2.35. The highest BCUT2D eigenvalue weighted by Crippen LogP contribution is 2.41. The number of aryl methyl sites for hydroxylation is 1. The van der Waals surface area contributed by atoms with Gasteiger partial charge in [0, 0.05) is 17.5 Å². The van der Waals surface area contributed by atoms with Crippen LogP contribution in [0.5, 0.6) is 0 Å². The number of nitrogens with one attached hydrogen (secondary N) is 1. The zero-order valence-electron chi connectivity index (χ0n) is 12.2. The van der Waals surface area contributed by atoms with Gasteiger partial charge in [0.15, 0.2) is 0 Å². The summed E-state index contributed by atoms with van der Waals surface area (Å²) in [4.78, 5) is 16.6. The summed E-state index contributed by atoms with van der Waals surface area (Å²) in [5, 5.41) is 6.31. The molecule has 3 N–H and O–H groups in total. The number of aromatic nitrogens is 1. The SMILES string of the molecule is Cc1csc(C(NC(=O)CCCCCCN)C2CC2)n1. The van der Waals surface area contributed by atoms with Gasteiger partial charge in [0.05, 0.1) is 6.04 Å². The second-order valence-corrected chi connectivity index (χ2v) is 6.55. The van der Waals surface area contributed by atoms with Crippen LogP contribution in [0.3, 0.4) is 0 Å². The zero-order valence-corrected chi connectivity index (χ0v) is 13.0. The second kappa shape index (κ2) is 7.74. The summed E-state index contributed by atoms with van der Waals surface area (Å²) in [6.45, 7) is 2.75. The number of amides is 1. The van der Waals surface area contributed by atoms with Gasteiger partial charge in [-0.25, -0.2) is 4.98 Å². The maximum absolute atomic E-state index is 12.0. The molecule has 0 aromatic carbocycles. The Balaban J connectivity index is 1.75. The lowest BCUT2D eigenvalue weighted by atomic mass is 10.1. The molecule has 1 aliphatic carbocycles. The number of nitrogens with two attached hydrogens (primary N) is 1. The minimum atomic E-state index is 0.144. The van der Waals surface area contributed by atoms with E-state index < -0.39 is 0 Å². The fourth-order valence-corrected chi connectivity index (χ4v) is 3.29. The van der Waals surface area contributed by atoms with E-state index in [2.05, 4.69) is 15.7 Å². The van der Waals surface area contributed by atoms with Crippen molar-refractivity contribution in [1.29, 1.82) is 0 Å². The molecule has 1 aliphatic rings. The van der Waals surface area contributed by atoms with Crippen molar-refractivity contribution >= 4 is 17.2 Å². The van der Waals surface area contributed by atoms with Gasteiger partial charge in [-0.3, -0.25) is 4.79 Å². The van der Waals surface area contributed by atoms with Crippen molar-refractivity contribution in [2.45, 2.75) is 57.9 Å². The second-order valence-electron chi connectivity index (χ2n) is 5.66. The zero-order chi connectivity index (χ0) is 14.4. The largest absolute Gasteiger partial charge is 0.347 e. The van der Waals surface area contributed by atoms with Crippen molar-refractivity contribution in [2.24, 2.45) is 11.7 Å². The first-order chi connectivity index (χ1) is 9.70. The van der Waals surface area contributed by atoms with E-state index in [1.54, 1.807) is 11.3 Å². The third kappa shape index (κ3) is 4.87. The van der Waals surface area contributed by atoms with Crippen LogP contribution in [-0.2, 0) is 4.79 Å². The Bertz CT molecular complexity index is 429. The summed E-state index contributed by atoms with van der Waals surface area (Å²) in [6, 6.07) is 0.144. The lowest BCUT2D eigenvalue weighted by Gasteiger charge is -2.15. The standard InChI is InChI=1S/C15H25N3OS/c1-11-10-20-15(17-11)14(12-7-8-12)18-13(19)6-4-2-3-5-9-16/h10,12,14H,2-9,16H2,1H3,(H,18,19). The molecular formula is C15H25N3OS. The molecule has 1 aromatic rings. The molecule has 0 saturated heterocycles. The van der Waals surface area contributed by atoms with Gasteiger partial charge < -0.3 is 11.1 Å². The van der Waals surface area contributed by atoms with Crippen molar-refractivity contribution in [2.75, 3.05) is 6.54 Å². The maximum Gasteiger partial charge on any atom is 0.220 e. The Hall–Kier alpha value is -0.940. The van der Waals surface area contributed by atoms with E-state index in [4.69, 9.17) is 5.73 Å². The smallest absolute Gasteiger partial charge is 0.220 e. The number of thiazole rings is 1. The van der Waals surface area contributed by atoms with Crippen molar-refractivity contribution in [3.8, 4) is 0 Å². The number of hydrogen-bond acceptors (Lipinski definition) is 4. The topological polar surface area (TPSA) is 68.0 Å². The van der Waals surface area contributed by atoms with Gasteiger partial charge >= 0.3 is 0 Å². The van der Waals surface area contributed by atoms with Gasteiger partial charge in [-0.05, 0) is 45.1 Å². The average molecular weight is 295 g/mol. The molecule has 1 saturated carbocycles. The normalized spacial score (nSPS) is 16.1. The highest BCUT2D eigenvalue weighted by atomic mass is 32.1. The van der Waals surface area contributed by atoms with Crippen LogP contribution < -0.4 is 11.1 Å². The minimum absolute atomic E-state index is 0.144. The Morgan fingerprint density at radius 2 is 2.20 bits per heavy atom. The van der Waals surface area contributed by atoms with Crippen molar-refractivity contribution in [1.82, 2.24) is 10.3 Å². The Morgan fingerprint density at radius 1 is 1.45 bits per heavy atom. The Labute approximate surface area is 125 Å². The lowest BCUT2D eigenvalue weighted by molar-refractivity contribution is -0.122. The van der Waals surface area contributed by atoms with Gasteiger partial charge in [0.1, 0.15) is 5.01 Å². The summed E-state index contributed by atoms with van der Waals surface area (Å²) >= 11 is 1.66. The molecule has 2 rings (SSSR count). The van der Waals surface area contributed by atoms with Crippen LogP contribution in [0, 0.1) is 12.8 Å². The summed E-state index contributed by atoms with van der Waals surface area (Å²) in [5.41, 5.74) is 6.51. The molecule has 112 valence electrons. The molecular weight excluding hydrogens is 270 g/mol. The third-order valence-corrected chi connectivity index (χ3v) is 4.72. The first-order valence-corrected chi connectivity index (χ1v) is 8.50. The molecule has 0 spiro atoms. The Morgan fingerprint density at radius 3 is 2.80 bits per heavy atom. The first kappa shape index (κ1) is 15.4. The molecule has 0 aliphatic heterocycles. The first-order valence-electron chi connectivity index (χ1n) is 7.62. The fraction of sp³-hybridized carbons (Fsp3) is 0.733. The van der Waals surface area contributed by atoms with Crippen LogP contribution in [0.25, 0.3) is 0 Å². The summed E-state index contributed by atoms with van der Waals surface area (Å²) < 4.78 is 0. The van der Waals surface area contributed by atoms with Gasteiger partial charge in [-0.1, -0.05) is 12.8 Å². The number of unbranched alkanes of at least 4 members (excludes halogenated alkanes) is 3. The fourth-order valence-electron chi connectivity index (χ4n) is 2.35. The number of hydrogen-bond donors (Lipinski definition) is 2. The third-order valence-electron chi connectivity index (χ3n) is 3.67. The van der Waals surface area contributed by atoms with Crippen LogP contribution in [0.1, 0.15) is 61.7 Å². The molecule has 1 atom stereocenters. The maximum atomic E-state index is 12.0. The average Bonchev–Trinajstić information content (AvgIpc) is 3.18. The Kier molecular flexibility index (Phi) is 5.98. The highest BCUT2D eigenvalue weighted by molar-refractivity contribution is 7.09. The predicted octanol–water partition coefficient (Wildman–Crippen LogP) is 2.93. The van der Waals surface area contributed by atoms with E-state index in [-0.39, 0.29) is 11.9 Å². The molecule has 1 unspecified atom stereocenters. The quantitative estimate of drug-likeness (QED) is 0.688. The molecule has 1 aromatic heterocycles. The van der Waals surface area contributed by atoms with E-state index in [0.717, 1.165) is 42.9 Å². The molecule has 0 radical (unpaired) electrons. The van der Waals surface area contributed by atoms with E-state index in [0.29, 0.717) is 12.3 Å². The van der Waals surface area contributed by atoms with E-state index in [1.165, 1.54) is 12.8 Å². The van der Waals surface area contributed by atoms with Gasteiger partial charge in [0.25, 0.3) is 0 Å². The molecule has 1 heterocycles. The molecule has 5 heteroatoms. The molecule has 1 amide bonds. The van der Waals surface area contributed by atoms with Gasteiger partial charge in [0.2, 0.25) is 5.91 Å².